The molecule has 0 bridgehead atoms. The number of carbonyl (C=O) groups excluding carboxylic acids is 3. The summed E-state index contributed by atoms with van der Waals surface area (Å²) in [6, 6.07) is 4.40. The zero-order valence-corrected chi connectivity index (χ0v) is 65.8. The Kier molecular flexibility index (Phi) is 32.0. The van der Waals surface area contributed by atoms with Crippen LogP contribution in [0.25, 0.3) is 16.9 Å². The van der Waals surface area contributed by atoms with E-state index < -0.39 is 10.8 Å². The minimum Gasteiger partial charge on any atom is -0.444 e. The molecule has 30 heteroatoms. The monoisotopic (exact) mass is 1480 g/mol. The number of nitrogens with one attached hydrogen (secondary N) is 8. The van der Waals surface area contributed by atoms with E-state index >= 15 is 0 Å². The number of nitrogens with two attached hydrogens (primary N) is 1. The molecule has 6 atom stereocenters. The van der Waals surface area contributed by atoms with Crippen LogP contribution in [0.15, 0.2) is 43.9 Å². The van der Waals surface area contributed by atoms with Crippen LogP contribution in [-0.4, -0.2) is 223 Å². The van der Waals surface area contributed by atoms with E-state index in [9.17, 15) is 14.4 Å². The van der Waals surface area contributed by atoms with Crippen LogP contribution in [0.1, 0.15) is 212 Å². The third-order valence-electron chi connectivity index (χ3n) is 21.2. The molecular weight excluding hydrogens is 1350 g/mol. The van der Waals surface area contributed by atoms with Crippen molar-refractivity contribution in [1.82, 2.24) is 84.1 Å². The van der Waals surface area contributed by atoms with Gasteiger partial charge >= 0.3 is 6.09 Å². The molecule has 6 saturated carbocycles. The van der Waals surface area contributed by atoms with Crippen LogP contribution in [0.5, 0.6) is 0 Å². The topological polar surface area (TPSA) is 342 Å². The molecule has 6 heterocycles. The van der Waals surface area contributed by atoms with Gasteiger partial charge in [0, 0.05) is 96.3 Å². The molecule has 0 spiro atoms. The Hall–Kier alpha value is -7.57. The van der Waals surface area contributed by atoms with E-state index in [0.717, 1.165) is 188 Å². The standard InChI is InChI=1S/C26H44N8O2.C24H38N8O.C21H36N8.C3H3ClO.CH4O/c1-7-17-16-27-34-22(17)31-23(28-18-11-13-21(14-12-18)33(5)6)32-24(34)29-19-9-8-10-20(15-19)30-25(35)36-26(2,3)4;1-5-16-15-25-32-22(16)29-23(27-17-10-12-20(13-11-17)31(3)4)30-24(32)28-19-9-7-8-18(14-19)26-21(33)6-2;1-4-14-13-23-29-19(14)26-20(24-16-8-10-18(11-9-16)28(2)3)27-21(29)25-17-7-5-6-15(22)12-17;1-2-3(4)5;1-2/h16,18-21H,7-15H2,1-6H3,(H,30,35)(H2,28,29,31,32);6,15,17-20H,2,5,7-14H2,1,3-4H3,(H,26,33)(H2,27,28,29,30);13,15-18H,4-12,22H2,1-3H3,(H2,24,25,26,27);2H,1H2;2H,1H3. The van der Waals surface area contributed by atoms with Gasteiger partial charge in [-0.15, -0.1) is 0 Å². The van der Waals surface area contributed by atoms with Crippen molar-refractivity contribution in [2.75, 3.05) is 81.3 Å². The summed E-state index contributed by atoms with van der Waals surface area (Å²) in [7, 11) is 14.0. The number of aliphatic hydroxyl groups excluding tert-OH is 1. The summed E-state index contributed by atoms with van der Waals surface area (Å²) < 4.78 is 10.9. The van der Waals surface area contributed by atoms with Gasteiger partial charge < -0.3 is 72.8 Å². The van der Waals surface area contributed by atoms with Crippen molar-refractivity contribution >= 4 is 81.5 Å². The van der Waals surface area contributed by atoms with Crippen LogP contribution < -0.4 is 48.3 Å². The van der Waals surface area contributed by atoms with Crippen LogP contribution in [-0.2, 0) is 33.6 Å². The number of nitrogens with zero attached hydrogens (tertiary/aromatic N) is 15. The molecule has 6 aliphatic rings. The Bertz CT molecular complexity index is 3700. The largest absolute Gasteiger partial charge is 0.444 e. The number of anilines is 6. The molecule has 105 heavy (non-hydrogen) atoms. The number of amides is 2. The highest BCUT2D eigenvalue weighted by Gasteiger charge is 2.32. The summed E-state index contributed by atoms with van der Waals surface area (Å²) in [5.41, 5.74) is 11.6. The lowest BCUT2D eigenvalue weighted by Crippen LogP contribution is -2.44. The molecule has 29 nitrogen and oxygen atoms in total. The fraction of sp³-hybridized carbons (Fsp3) is 0.707. The Balaban J connectivity index is 0.000000191. The lowest BCUT2D eigenvalue weighted by Gasteiger charge is -2.33. The number of carbonyl (C=O) groups is 3. The van der Waals surface area contributed by atoms with Crippen molar-refractivity contribution in [3.05, 3.63) is 60.6 Å². The molecule has 11 N–H and O–H groups in total. The molecule has 0 aromatic carbocycles. The fourth-order valence-corrected chi connectivity index (χ4v) is 15.3. The summed E-state index contributed by atoms with van der Waals surface area (Å²) in [6.07, 6.45) is 36.3. The van der Waals surface area contributed by atoms with Gasteiger partial charge in [-0.25, -0.2) is 4.79 Å². The average molecular weight is 1480 g/mol. The average Bonchev–Trinajstić information content (AvgIpc) is 1.70. The molecule has 6 aromatic heterocycles. The van der Waals surface area contributed by atoms with E-state index in [2.05, 4.69) is 149 Å². The van der Waals surface area contributed by atoms with Crippen molar-refractivity contribution in [3.8, 4) is 0 Å². The number of hydrogen-bond acceptors (Lipinski definition) is 24. The van der Waals surface area contributed by atoms with Crippen LogP contribution >= 0.6 is 11.6 Å². The molecule has 0 saturated heterocycles. The SMILES string of the molecule is C=CC(=O)Cl.C=CC(=O)NC1CCCC(Nc2nc(NC3CCC(N(C)C)CC3)nc3c(CC)cnn23)C1.CCc1cnn2c(NC3CCCC(N)C3)nc(NC3CCC(N(C)C)CC3)nc12.CCc1cnn2c(NC3CCCC(NC(=O)OC(C)(C)C)C3)nc(NC3CCC(N(C)C)CC3)nc12.CO. The van der Waals surface area contributed by atoms with Crippen molar-refractivity contribution in [2.45, 2.75) is 293 Å². The van der Waals surface area contributed by atoms with Gasteiger partial charge in [0.2, 0.25) is 46.8 Å². The molecule has 6 unspecified atom stereocenters. The van der Waals surface area contributed by atoms with E-state index in [1.807, 2.05) is 52.9 Å². The highest BCUT2D eigenvalue weighted by atomic mass is 35.5. The molecule has 2 amide bonds. The second-order valence-electron chi connectivity index (χ2n) is 30.8. The fourth-order valence-electron chi connectivity index (χ4n) is 15.3. The van der Waals surface area contributed by atoms with E-state index in [0.29, 0.717) is 72.0 Å². The van der Waals surface area contributed by atoms with Gasteiger partial charge in [-0.2, -0.15) is 58.7 Å². The molecule has 6 aromatic rings. The van der Waals surface area contributed by atoms with Crippen LogP contribution in [0.3, 0.4) is 0 Å². The molecule has 12 rings (SSSR count). The lowest BCUT2D eigenvalue weighted by molar-refractivity contribution is -0.117. The van der Waals surface area contributed by atoms with Gasteiger partial charge in [0.25, 0.3) is 0 Å². The predicted molar refractivity (Wildman–Crippen MR) is 421 cm³/mol. The van der Waals surface area contributed by atoms with E-state index in [1.54, 1.807) is 0 Å². The maximum atomic E-state index is 12.3. The minimum absolute atomic E-state index is 0.0664. The van der Waals surface area contributed by atoms with Crippen LogP contribution in [0.4, 0.5) is 40.5 Å². The van der Waals surface area contributed by atoms with Gasteiger partial charge in [0.05, 0.1) is 18.6 Å². The number of ether oxygens (including phenoxy) is 1. The Morgan fingerprint density at radius 1 is 0.486 bits per heavy atom. The summed E-state index contributed by atoms with van der Waals surface area (Å²) in [6.45, 7) is 18.7. The number of aliphatic hydroxyl groups is 1. The highest BCUT2D eigenvalue weighted by Crippen LogP contribution is 2.32. The highest BCUT2D eigenvalue weighted by molar-refractivity contribution is 6.66. The third kappa shape index (κ3) is 24.7. The molecule has 6 fully saturated rings. The van der Waals surface area contributed by atoms with Crippen molar-refractivity contribution in [1.29, 1.82) is 0 Å². The summed E-state index contributed by atoms with van der Waals surface area (Å²) in [5, 5.41) is 48.0. The van der Waals surface area contributed by atoms with Gasteiger partial charge in [-0.3, -0.25) is 9.59 Å². The Labute approximate surface area is 627 Å². The number of rotatable bonds is 22. The number of alkyl carbamates (subject to hydrolysis) is 1. The van der Waals surface area contributed by atoms with Gasteiger partial charge in [0.15, 0.2) is 16.9 Å². The van der Waals surface area contributed by atoms with E-state index in [1.165, 1.54) is 44.6 Å². The molecular formula is C75H125ClN24O5. The van der Waals surface area contributed by atoms with Gasteiger partial charge in [0.1, 0.15) is 5.60 Å². The zero-order chi connectivity index (χ0) is 75.9. The van der Waals surface area contributed by atoms with Crippen LogP contribution in [0.2, 0.25) is 0 Å². The smallest absolute Gasteiger partial charge is 0.407 e. The van der Waals surface area contributed by atoms with Crippen molar-refractivity contribution in [3.63, 3.8) is 0 Å². The second kappa shape index (κ2) is 40.4. The Morgan fingerprint density at radius 3 is 1.10 bits per heavy atom. The first-order valence-corrected chi connectivity index (χ1v) is 39.0. The summed E-state index contributed by atoms with van der Waals surface area (Å²) >= 11 is 4.71. The molecule has 0 radical (unpaired) electrons. The minimum atomic E-state index is -0.509. The maximum Gasteiger partial charge on any atom is 0.407 e. The number of fused-ring (bicyclic) bond motifs is 3. The first-order chi connectivity index (χ1) is 50.4. The summed E-state index contributed by atoms with van der Waals surface area (Å²) in [5.74, 6) is 4.12. The predicted octanol–water partition coefficient (Wildman–Crippen LogP) is 10.4. The number of aryl methyl sites for hydroxylation is 3. The first kappa shape index (κ1) is 83.1. The zero-order valence-electron chi connectivity index (χ0n) is 65.1. The molecule has 0 aliphatic heterocycles. The van der Waals surface area contributed by atoms with E-state index in [4.69, 9.17) is 57.1 Å². The number of halogens is 1. The third-order valence-corrected chi connectivity index (χ3v) is 21.4. The van der Waals surface area contributed by atoms with Crippen molar-refractivity contribution < 1.29 is 24.2 Å². The number of aromatic nitrogens is 12. The maximum absolute atomic E-state index is 12.3. The van der Waals surface area contributed by atoms with Crippen LogP contribution in [0, 0.1) is 0 Å². The van der Waals surface area contributed by atoms with Crippen molar-refractivity contribution in [2.24, 2.45) is 5.73 Å². The molecule has 582 valence electrons. The van der Waals surface area contributed by atoms with Gasteiger partial charge in [-0.05, 0) is 260 Å². The number of hydrogen-bond donors (Lipinski definition) is 10. The second-order valence-corrected chi connectivity index (χ2v) is 31.1. The van der Waals surface area contributed by atoms with E-state index in [-0.39, 0.29) is 42.2 Å². The number of allylic oxidation sites excluding steroid dienone is 1. The first-order valence-electron chi connectivity index (χ1n) is 38.6. The Morgan fingerprint density at radius 2 is 0.800 bits per heavy atom. The summed E-state index contributed by atoms with van der Waals surface area (Å²) in [4.78, 5) is 69.6. The quantitative estimate of drug-likeness (QED) is 0.0223. The normalized spacial score (nSPS) is 24.8. The lowest BCUT2D eigenvalue weighted by atomic mass is 9.90. The molecule has 6 aliphatic carbocycles. The van der Waals surface area contributed by atoms with Gasteiger partial charge in [-0.1, -0.05) is 33.9 Å².